The fraction of sp³-hybridized carbons (Fsp3) is 0.167. The molecule has 66 valence electrons. The van der Waals surface area contributed by atoms with E-state index in [1.807, 2.05) is 12.1 Å². The van der Waals surface area contributed by atoms with Crippen molar-refractivity contribution in [1.82, 2.24) is 0 Å². The molecule has 0 aliphatic heterocycles. The highest BCUT2D eigenvalue weighted by Gasteiger charge is 2.17. The average Bonchev–Trinajstić information content (AvgIpc) is 2.51. The molecule has 1 aromatic rings. The first-order chi connectivity index (χ1) is 6.33. The molecule has 0 saturated carbocycles. The SMILES string of the molecule is C=C/C=C1/CCc2c(O)cccc21. The maximum absolute atomic E-state index is 9.56. The summed E-state index contributed by atoms with van der Waals surface area (Å²) in [6.45, 7) is 3.68. The van der Waals surface area contributed by atoms with Crippen LogP contribution in [0.15, 0.2) is 36.9 Å². The third-order valence-electron chi connectivity index (χ3n) is 2.46. The lowest BCUT2D eigenvalue weighted by Crippen LogP contribution is -1.80. The van der Waals surface area contributed by atoms with E-state index in [0.717, 1.165) is 18.4 Å². The zero-order chi connectivity index (χ0) is 9.26. The van der Waals surface area contributed by atoms with Crippen molar-refractivity contribution < 1.29 is 5.11 Å². The largest absolute Gasteiger partial charge is 0.508 e. The van der Waals surface area contributed by atoms with Crippen molar-refractivity contribution in [3.63, 3.8) is 0 Å². The summed E-state index contributed by atoms with van der Waals surface area (Å²) >= 11 is 0. The van der Waals surface area contributed by atoms with Crippen LogP contribution in [0.5, 0.6) is 5.75 Å². The number of phenols is 1. The Kier molecular flexibility index (Phi) is 1.93. The van der Waals surface area contributed by atoms with E-state index in [0.29, 0.717) is 5.75 Å². The Morgan fingerprint density at radius 3 is 2.92 bits per heavy atom. The van der Waals surface area contributed by atoms with E-state index in [1.165, 1.54) is 11.1 Å². The van der Waals surface area contributed by atoms with Crippen LogP contribution in [0.3, 0.4) is 0 Å². The molecule has 0 bridgehead atoms. The average molecular weight is 172 g/mol. The Morgan fingerprint density at radius 1 is 1.31 bits per heavy atom. The third-order valence-corrected chi connectivity index (χ3v) is 2.46. The van der Waals surface area contributed by atoms with Crippen LogP contribution >= 0.6 is 0 Å². The number of hydrogen-bond acceptors (Lipinski definition) is 1. The second-order valence-electron chi connectivity index (χ2n) is 3.23. The molecule has 1 nitrogen and oxygen atoms in total. The normalized spacial score (nSPS) is 17.4. The van der Waals surface area contributed by atoms with Gasteiger partial charge in [-0.2, -0.15) is 0 Å². The van der Waals surface area contributed by atoms with Crippen LogP contribution in [0.25, 0.3) is 5.57 Å². The Labute approximate surface area is 78.0 Å². The van der Waals surface area contributed by atoms with E-state index in [4.69, 9.17) is 0 Å². The first-order valence-electron chi connectivity index (χ1n) is 4.45. The van der Waals surface area contributed by atoms with Gasteiger partial charge in [-0.05, 0) is 30.0 Å². The fourth-order valence-corrected chi connectivity index (χ4v) is 1.85. The zero-order valence-electron chi connectivity index (χ0n) is 7.46. The van der Waals surface area contributed by atoms with Crippen LogP contribution in [0.1, 0.15) is 17.5 Å². The van der Waals surface area contributed by atoms with Crippen molar-refractivity contribution in [3.05, 3.63) is 48.1 Å². The Morgan fingerprint density at radius 2 is 2.15 bits per heavy atom. The monoisotopic (exact) mass is 172 g/mol. The second-order valence-corrected chi connectivity index (χ2v) is 3.23. The number of fused-ring (bicyclic) bond motifs is 1. The molecule has 0 fully saturated rings. The smallest absolute Gasteiger partial charge is 0.119 e. The van der Waals surface area contributed by atoms with Gasteiger partial charge in [0.1, 0.15) is 5.75 Å². The van der Waals surface area contributed by atoms with Crippen molar-refractivity contribution in [1.29, 1.82) is 0 Å². The minimum Gasteiger partial charge on any atom is -0.508 e. The van der Waals surface area contributed by atoms with E-state index < -0.39 is 0 Å². The summed E-state index contributed by atoms with van der Waals surface area (Å²) in [5.74, 6) is 0.421. The van der Waals surface area contributed by atoms with Crippen LogP contribution in [0, 0.1) is 0 Å². The maximum Gasteiger partial charge on any atom is 0.119 e. The summed E-state index contributed by atoms with van der Waals surface area (Å²) < 4.78 is 0. The molecular formula is C12H12O. The van der Waals surface area contributed by atoms with Gasteiger partial charge in [-0.1, -0.05) is 30.9 Å². The van der Waals surface area contributed by atoms with Crippen LogP contribution in [-0.4, -0.2) is 5.11 Å². The van der Waals surface area contributed by atoms with Crippen LogP contribution in [0.2, 0.25) is 0 Å². The topological polar surface area (TPSA) is 20.2 Å². The highest BCUT2D eigenvalue weighted by atomic mass is 16.3. The standard InChI is InChI=1S/C12H12O/c1-2-4-9-7-8-11-10(9)5-3-6-12(11)13/h2-6,13H,1,7-8H2/b9-4-. The molecule has 1 aromatic carbocycles. The Balaban J connectivity index is 2.55. The molecular weight excluding hydrogens is 160 g/mol. The number of allylic oxidation sites excluding steroid dienone is 3. The summed E-state index contributed by atoms with van der Waals surface area (Å²) in [6.07, 6.45) is 5.78. The fourth-order valence-electron chi connectivity index (χ4n) is 1.85. The number of rotatable bonds is 1. The highest BCUT2D eigenvalue weighted by Crippen LogP contribution is 2.36. The molecule has 0 unspecified atom stereocenters. The molecule has 0 radical (unpaired) electrons. The van der Waals surface area contributed by atoms with Gasteiger partial charge in [0.15, 0.2) is 0 Å². The lowest BCUT2D eigenvalue weighted by Gasteiger charge is -2.01. The molecule has 0 spiro atoms. The molecule has 0 aromatic heterocycles. The van der Waals surface area contributed by atoms with Gasteiger partial charge in [0.05, 0.1) is 0 Å². The van der Waals surface area contributed by atoms with Crippen LogP contribution in [0.4, 0.5) is 0 Å². The van der Waals surface area contributed by atoms with Gasteiger partial charge in [-0.3, -0.25) is 0 Å². The zero-order valence-corrected chi connectivity index (χ0v) is 7.46. The van der Waals surface area contributed by atoms with Gasteiger partial charge in [0, 0.05) is 5.56 Å². The van der Waals surface area contributed by atoms with Gasteiger partial charge in [0.25, 0.3) is 0 Å². The van der Waals surface area contributed by atoms with Crippen LogP contribution in [-0.2, 0) is 6.42 Å². The predicted molar refractivity (Wildman–Crippen MR) is 54.6 cm³/mol. The summed E-state index contributed by atoms with van der Waals surface area (Å²) in [7, 11) is 0. The second kappa shape index (κ2) is 3.09. The summed E-state index contributed by atoms with van der Waals surface area (Å²) in [5.41, 5.74) is 3.54. The van der Waals surface area contributed by atoms with E-state index in [9.17, 15) is 5.11 Å². The Hall–Kier alpha value is -1.50. The minimum absolute atomic E-state index is 0.421. The quantitative estimate of drug-likeness (QED) is 0.690. The van der Waals surface area contributed by atoms with Gasteiger partial charge in [-0.15, -0.1) is 0 Å². The number of hydrogen-bond donors (Lipinski definition) is 1. The lowest BCUT2D eigenvalue weighted by atomic mass is 10.1. The van der Waals surface area contributed by atoms with Gasteiger partial charge in [0.2, 0.25) is 0 Å². The molecule has 1 aliphatic carbocycles. The highest BCUT2D eigenvalue weighted by molar-refractivity contribution is 5.75. The molecule has 1 aliphatic rings. The number of aromatic hydroxyl groups is 1. The molecule has 13 heavy (non-hydrogen) atoms. The maximum atomic E-state index is 9.56. The first-order valence-corrected chi connectivity index (χ1v) is 4.45. The van der Waals surface area contributed by atoms with E-state index in [-0.39, 0.29) is 0 Å². The van der Waals surface area contributed by atoms with Gasteiger partial charge in [-0.25, -0.2) is 0 Å². The van der Waals surface area contributed by atoms with Crippen LogP contribution < -0.4 is 0 Å². The lowest BCUT2D eigenvalue weighted by molar-refractivity contribution is 0.469. The number of benzene rings is 1. The van der Waals surface area contributed by atoms with Gasteiger partial charge < -0.3 is 5.11 Å². The van der Waals surface area contributed by atoms with E-state index >= 15 is 0 Å². The first kappa shape index (κ1) is 8.11. The van der Waals surface area contributed by atoms with E-state index in [2.05, 4.69) is 12.6 Å². The summed E-state index contributed by atoms with van der Waals surface area (Å²) in [4.78, 5) is 0. The van der Waals surface area contributed by atoms with Crippen molar-refractivity contribution in [2.45, 2.75) is 12.8 Å². The molecule has 2 rings (SSSR count). The molecule has 0 amide bonds. The van der Waals surface area contributed by atoms with Gasteiger partial charge >= 0.3 is 0 Å². The summed E-state index contributed by atoms with van der Waals surface area (Å²) in [5, 5.41) is 9.56. The van der Waals surface area contributed by atoms with E-state index in [1.54, 1.807) is 12.1 Å². The Bertz CT molecular complexity index is 375. The number of phenolic OH excluding ortho intramolecular Hbond substituents is 1. The minimum atomic E-state index is 0.421. The van der Waals surface area contributed by atoms with Crippen molar-refractivity contribution in [2.75, 3.05) is 0 Å². The predicted octanol–water partition coefficient (Wildman–Crippen LogP) is 2.91. The molecule has 0 atom stereocenters. The third kappa shape index (κ3) is 1.26. The van der Waals surface area contributed by atoms with Crippen molar-refractivity contribution in [2.24, 2.45) is 0 Å². The molecule has 1 heteroatoms. The molecule has 0 heterocycles. The van der Waals surface area contributed by atoms with Crippen molar-refractivity contribution in [3.8, 4) is 5.75 Å². The summed E-state index contributed by atoms with van der Waals surface area (Å²) in [6, 6.07) is 5.68. The molecule has 1 N–H and O–H groups in total. The molecule has 0 saturated heterocycles. The van der Waals surface area contributed by atoms with Crippen molar-refractivity contribution >= 4 is 5.57 Å².